The smallest absolute Gasteiger partial charge is 0.338 e. The summed E-state index contributed by atoms with van der Waals surface area (Å²) < 4.78 is 5.08. The Labute approximate surface area is 148 Å². The SMILES string of the molecule is CCCOC(=O)c1ccc(NCC(=O)Nc2cc(C)cc(C)c2)cc1. The highest BCUT2D eigenvalue weighted by atomic mass is 16.5. The van der Waals surface area contributed by atoms with Crippen molar-refractivity contribution in [2.75, 3.05) is 23.8 Å². The number of esters is 1. The second-order valence-corrected chi connectivity index (χ2v) is 5.99. The van der Waals surface area contributed by atoms with Crippen LogP contribution < -0.4 is 10.6 Å². The van der Waals surface area contributed by atoms with E-state index < -0.39 is 0 Å². The zero-order valence-electron chi connectivity index (χ0n) is 14.9. The summed E-state index contributed by atoms with van der Waals surface area (Å²) in [5.74, 6) is -0.461. The maximum atomic E-state index is 12.1. The number of hydrogen-bond donors (Lipinski definition) is 2. The molecule has 0 aliphatic rings. The molecular formula is C20H24N2O3. The molecule has 132 valence electrons. The van der Waals surface area contributed by atoms with Crippen molar-refractivity contribution in [3.8, 4) is 0 Å². The Hall–Kier alpha value is -2.82. The molecule has 0 aliphatic heterocycles. The van der Waals surface area contributed by atoms with E-state index in [1.807, 2.05) is 32.9 Å². The Morgan fingerprint density at radius 3 is 2.20 bits per heavy atom. The highest BCUT2D eigenvalue weighted by molar-refractivity contribution is 5.94. The fraction of sp³-hybridized carbons (Fsp3) is 0.300. The monoisotopic (exact) mass is 340 g/mol. The second kappa shape index (κ2) is 8.87. The van der Waals surface area contributed by atoms with Gasteiger partial charge in [-0.05, 0) is 67.8 Å². The summed E-state index contributed by atoms with van der Waals surface area (Å²) in [6.45, 7) is 6.50. The van der Waals surface area contributed by atoms with Gasteiger partial charge in [-0.25, -0.2) is 4.79 Å². The summed E-state index contributed by atoms with van der Waals surface area (Å²) in [4.78, 5) is 23.8. The largest absolute Gasteiger partial charge is 0.462 e. The number of ether oxygens (including phenoxy) is 1. The van der Waals surface area contributed by atoms with Crippen LogP contribution in [0.15, 0.2) is 42.5 Å². The lowest BCUT2D eigenvalue weighted by Gasteiger charge is -2.10. The van der Waals surface area contributed by atoms with E-state index >= 15 is 0 Å². The molecule has 5 nitrogen and oxygen atoms in total. The number of carbonyl (C=O) groups excluding carboxylic acids is 2. The molecule has 0 aliphatic carbocycles. The van der Waals surface area contributed by atoms with Crippen LogP contribution in [0.1, 0.15) is 34.8 Å². The Morgan fingerprint density at radius 2 is 1.60 bits per heavy atom. The molecule has 0 bridgehead atoms. The van der Waals surface area contributed by atoms with Crippen LogP contribution >= 0.6 is 0 Å². The molecule has 1 amide bonds. The zero-order valence-corrected chi connectivity index (χ0v) is 14.9. The lowest BCUT2D eigenvalue weighted by molar-refractivity contribution is -0.114. The first-order valence-electron chi connectivity index (χ1n) is 8.37. The Morgan fingerprint density at radius 1 is 0.960 bits per heavy atom. The third-order valence-corrected chi connectivity index (χ3v) is 3.52. The van der Waals surface area contributed by atoms with Crippen molar-refractivity contribution in [2.24, 2.45) is 0 Å². The van der Waals surface area contributed by atoms with Crippen molar-refractivity contribution in [3.63, 3.8) is 0 Å². The maximum absolute atomic E-state index is 12.1. The molecule has 0 fully saturated rings. The van der Waals surface area contributed by atoms with E-state index in [-0.39, 0.29) is 18.4 Å². The number of rotatable bonds is 7. The number of carbonyl (C=O) groups is 2. The predicted octanol–water partition coefficient (Wildman–Crippen LogP) is 3.92. The van der Waals surface area contributed by atoms with Gasteiger partial charge in [0.25, 0.3) is 0 Å². The van der Waals surface area contributed by atoms with Crippen LogP contribution in [0.2, 0.25) is 0 Å². The van der Waals surface area contributed by atoms with Gasteiger partial charge in [0.2, 0.25) is 5.91 Å². The minimum Gasteiger partial charge on any atom is -0.462 e. The molecule has 0 atom stereocenters. The lowest BCUT2D eigenvalue weighted by Crippen LogP contribution is -2.21. The van der Waals surface area contributed by atoms with E-state index in [4.69, 9.17) is 4.74 Å². The number of aryl methyl sites for hydroxylation is 2. The number of amides is 1. The molecule has 0 spiro atoms. The summed E-state index contributed by atoms with van der Waals surface area (Å²) >= 11 is 0. The van der Waals surface area contributed by atoms with Gasteiger partial charge in [-0.15, -0.1) is 0 Å². The normalized spacial score (nSPS) is 10.2. The molecule has 5 heteroatoms. The van der Waals surface area contributed by atoms with Gasteiger partial charge in [-0.2, -0.15) is 0 Å². The van der Waals surface area contributed by atoms with E-state index in [1.54, 1.807) is 24.3 Å². The van der Waals surface area contributed by atoms with E-state index in [1.165, 1.54) is 0 Å². The molecule has 0 aromatic heterocycles. The molecule has 25 heavy (non-hydrogen) atoms. The van der Waals surface area contributed by atoms with Gasteiger partial charge in [0.1, 0.15) is 0 Å². The predicted molar refractivity (Wildman–Crippen MR) is 100 cm³/mol. The van der Waals surface area contributed by atoms with Crippen molar-refractivity contribution in [1.29, 1.82) is 0 Å². The number of nitrogens with one attached hydrogen (secondary N) is 2. The van der Waals surface area contributed by atoms with Crippen LogP contribution in [-0.4, -0.2) is 25.0 Å². The van der Waals surface area contributed by atoms with E-state index in [2.05, 4.69) is 16.7 Å². The van der Waals surface area contributed by atoms with Gasteiger partial charge < -0.3 is 15.4 Å². The average molecular weight is 340 g/mol. The van der Waals surface area contributed by atoms with Gasteiger partial charge >= 0.3 is 5.97 Å². The van der Waals surface area contributed by atoms with Crippen LogP contribution in [-0.2, 0) is 9.53 Å². The molecule has 2 aromatic carbocycles. The number of anilines is 2. The first-order chi connectivity index (χ1) is 12.0. The summed E-state index contributed by atoms with van der Waals surface area (Å²) in [7, 11) is 0. The van der Waals surface area contributed by atoms with Crippen molar-refractivity contribution < 1.29 is 14.3 Å². The quantitative estimate of drug-likeness (QED) is 0.750. The van der Waals surface area contributed by atoms with Crippen LogP contribution in [0.5, 0.6) is 0 Å². The van der Waals surface area contributed by atoms with Crippen LogP contribution in [0.25, 0.3) is 0 Å². The van der Waals surface area contributed by atoms with Crippen molar-refractivity contribution in [3.05, 3.63) is 59.2 Å². The Kier molecular flexibility index (Phi) is 6.57. The van der Waals surface area contributed by atoms with Gasteiger partial charge in [0.05, 0.1) is 18.7 Å². The minimum absolute atomic E-state index is 0.128. The highest BCUT2D eigenvalue weighted by Gasteiger charge is 2.07. The van der Waals surface area contributed by atoms with Crippen molar-refractivity contribution in [1.82, 2.24) is 0 Å². The molecular weight excluding hydrogens is 316 g/mol. The first-order valence-corrected chi connectivity index (χ1v) is 8.37. The minimum atomic E-state index is -0.332. The van der Waals surface area contributed by atoms with Gasteiger partial charge in [0, 0.05) is 11.4 Å². The fourth-order valence-corrected chi connectivity index (χ4v) is 2.44. The van der Waals surface area contributed by atoms with E-state index in [0.717, 1.165) is 28.9 Å². The van der Waals surface area contributed by atoms with Crippen molar-refractivity contribution in [2.45, 2.75) is 27.2 Å². The summed E-state index contributed by atoms with van der Waals surface area (Å²) in [6, 6.07) is 12.8. The zero-order chi connectivity index (χ0) is 18.2. The van der Waals surface area contributed by atoms with E-state index in [9.17, 15) is 9.59 Å². The molecule has 2 aromatic rings. The van der Waals surface area contributed by atoms with Crippen LogP contribution in [0.4, 0.5) is 11.4 Å². The van der Waals surface area contributed by atoms with Crippen molar-refractivity contribution >= 4 is 23.3 Å². The summed E-state index contributed by atoms with van der Waals surface area (Å²) in [5, 5.41) is 5.91. The molecule has 0 saturated carbocycles. The van der Waals surface area contributed by atoms with Gasteiger partial charge in [0.15, 0.2) is 0 Å². The standard InChI is InChI=1S/C20H24N2O3/c1-4-9-25-20(24)16-5-7-17(8-6-16)21-13-19(23)22-18-11-14(2)10-15(3)12-18/h5-8,10-12,21H,4,9,13H2,1-3H3,(H,22,23). The summed E-state index contributed by atoms with van der Waals surface area (Å²) in [5.41, 5.74) is 4.27. The number of benzene rings is 2. The van der Waals surface area contributed by atoms with Crippen LogP contribution in [0, 0.1) is 13.8 Å². The van der Waals surface area contributed by atoms with Gasteiger partial charge in [-0.3, -0.25) is 4.79 Å². The lowest BCUT2D eigenvalue weighted by atomic mass is 10.1. The first kappa shape index (κ1) is 18.5. The number of hydrogen-bond acceptors (Lipinski definition) is 4. The Bertz CT molecular complexity index is 719. The molecule has 0 unspecified atom stereocenters. The molecule has 0 saturated heterocycles. The third kappa shape index (κ3) is 5.95. The average Bonchev–Trinajstić information content (AvgIpc) is 2.57. The molecule has 2 N–H and O–H groups in total. The topological polar surface area (TPSA) is 67.4 Å². The van der Waals surface area contributed by atoms with Gasteiger partial charge in [-0.1, -0.05) is 13.0 Å². The summed E-state index contributed by atoms with van der Waals surface area (Å²) in [6.07, 6.45) is 0.793. The molecule has 0 heterocycles. The maximum Gasteiger partial charge on any atom is 0.338 e. The highest BCUT2D eigenvalue weighted by Crippen LogP contribution is 2.14. The molecule has 0 radical (unpaired) electrons. The molecule has 2 rings (SSSR count). The van der Waals surface area contributed by atoms with Crippen LogP contribution in [0.3, 0.4) is 0 Å². The van der Waals surface area contributed by atoms with E-state index in [0.29, 0.717) is 12.2 Å². The Balaban J connectivity index is 1.86. The third-order valence-electron chi connectivity index (χ3n) is 3.52. The second-order valence-electron chi connectivity index (χ2n) is 5.99. The fourth-order valence-electron chi connectivity index (χ4n) is 2.44.